The Bertz CT molecular complexity index is 885. The molecule has 3 aliphatic heterocycles. The van der Waals surface area contributed by atoms with Gasteiger partial charge in [0, 0.05) is 62.5 Å². The third-order valence-corrected chi connectivity index (χ3v) is 6.50. The molecule has 4 heterocycles. The van der Waals surface area contributed by atoms with Crippen molar-refractivity contribution in [3.05, 3.63) is 47.3 Å². The van der Waals surface area contributed by atoms with Gasteiger partial charge in [-0.3, -0.25) is 9.69 Å². The lowest BCUT2D eigenvalue weighted by atomic mass is 10.1. The maximum atomic E-state index is 12.8. The fourth-order valence-electron chi connectivity index (χ4n) is 4.84. The van der Waals surface area contributed by atoms with Crippen molar-refractivity contribution in [1.82, 2.24) is 9.47 Å². The van der Waals surface area contributed by atoms with Crippen molar-refractivity contribution in [2.24, 2.45) is 0 Å². The molecule has 2 aromatic rings. The maximum absolute atomic E-state index is 12.8. The molecule has 1 N–H and O–H groups in total. The molecule has 0 radical (unpaired) electrons. The number of carbonyl (C=O) groups excluding carboxylic acids is 1. The highest BCUT2D eigenvalue weighted by Crippen LogP contribution is 2.31. The van der Waals surface area contributed by atoms with Crippen LogP contribution in [0.3, 0.4) is 0 Å². The summed E-state index contributed by atoms with van der Waals surface area (Å²) < 4.78 is 7.67. The Kier molecular flexibility index (Phi) is 5.29. The van der Waals surface area contributed by atoms with E-state index >= 15 is 0 Å². The molecule has 0 unspecified atom stereocenters. The summed E-state index contributed by atoms with van der Waals surface area (Å²) in [6.45, 7) is 8.00. The van der Waals surface area contributed by atoms with Gasteiger partial charge >= 0.3 is 0 Å². The molecular formula is C23H30N4O2. The molecule has 1 saturated heterocycles. The Morgan fingerprint density at radius 1 is 1.00 bits per heavy atom. The number of rotatable bonds is 5. The van der Waals surface area contributed by atoms with E-state index in [-0.39, 0.29) is 5.91 Å². The van der Waals surface area contributed by atoms with Crippen LogP contribution in [0.2, 0.25) is 0 Å². The zero-order chi connectivity index (χ0) is 19.6. The van der Waals surface area contributed by atoms with E-state index in [0.717, 1.165) is 76.6 Å². The molecule has 0 spiro atoms. The van der Waals surface area contributed by atoms with Crippen LogP contribution in [0.15, 0.2) is 30.5 Å². The van der Waals surface area contributed by atoms with Gasteiger partial charge in [0.05, 0.1) is 18.8 Å². The Morgan fingerprint density at radius 3 is 2.79 bits per heavy atom. The Labute approximate surface area is 172 Å². The van der Waals surface area contributed by atoms with Crippen LogP contribution in [0.1, 0.15) is 34.5 Å². The maximum Gasteiger partial charge on any atom is 0.257 e. The van der Waals surface area contributed by atoms with Crippen LogP contribution in [0, 0.1) is 0 Å². The van der Waals surface area contributed by atoms with E-state index in [2.05, 4.69) is 38.0 Å². The smallest absolute Gasteiger partial charge is 0.257 e. The summed E-state index contributed by atoms with van der Waals surface area (Å²) in [4.78, 5) is 17.8. The first-order valence-corrected chi connectivity index (χ1v) is 11.0. The normalized spacial score (nSPS) is 19.1. The minimum absolute atomic E-state index is 0.0165. The Hall–Kier alpha value is -2.31. The molecule has 1 amide bonds. The standard InChI is InChI=1S/C23H30N4O2/c28-23(20-7-10-26-8-2-1-3-22(20)26)24-19-4-5-21-18(17-19)6-9-27(21)12-11-25-13-15-29-16-14-25/h4-5,7,10,17H,1-3,6,8-9,11-16H2,(H,24,28). The van der Waals surface area contributed by atoms with Crippen LogP contribution < -0.4 is 10.2 Å². The number of hydrogen-bond acceptors (Lipinski definition) is 4. The van der Waals surface area contributed by atoms with Gasteiger partial charge in [-0.1, -0.05) is 0 Å². The van der Waals surface area contributed by atoms with Gasteiger partial charge < -0.3 is 19.5 Å². The van der Waals surface area contributed by atoms with Gasteiger partial charge in [-0.15, -0.1) is 0 Å². The van der Waals surface area contributed by atoms with Crippen molar-refractivity contribution >= 4 is 17.3 Å². The Balaban J connectivity index is 1.23. The van der Waals surface area contributed by atoms with E-state index in [4.69, 9.17) is 4.74 Å². The molecule has 29 heavy (non-hydrogen) atoms. The molecule has 0 saturated carbocycles. The average Bonchev–Trinajstić information content (AvgIpc) is 3.37. The van der Waals surface area contributed by atoms with Crippen LogP contribution in [0.5, 0.6) is 0 Å². The minimum Gasteiger partial charge on any atom is -0.379 e. The number of nitrogens with zero attached hydrogens (tertiary/aromatic N) is 3. The van der Waals surface area contributed by atoms with Crippen molar-refractivity contribution in [3.63, 3.8) is 0 Å². The number of carbonyl (C=O) groups is 1. The van der Waals surface area contributed by atoms with Gasteiger partial charge in [0.1, 0.15) is 0 Å². The molecule has 0 atom stereocenters. The number of fused-ring (bicyclic) bond motifs is 2. The zero-order valence-corrected chi connectivity index (χ0v) is 17.0. The second-order valence-electron chi connectivity index (χ2n) is 8.32. The third kappa shape index (κ3) is 3.91. The Morgan fingerprint density at radius 2 is 1.90 bits per heavy atom. The highest BCUT2D eigenvalue weighted by atomic mass is 16.5. The molecule has 1 aromatic carbocycles. The predicted molar refractivity (Wildman–Crippen MR) is 115 cm³/mol. The second kappa shape index (κ2) is 8.20. The van der Waals surface area contributed by atoms with Crippen LogP contribution >= 0.6 is 0 Å². The second-order valence-corrected chi connectivity index (χ2v) is 8.32. The number of ether oxygens (including phenoxy) is 1. The number of anilines is 2. The van der Waals surface area contributed by atoms with E-state index in [1.165, 1.54) is 29.8 Å². The number of morpholine rings is 1. The van der Waals surface area contributed by atoms with E-state index in [1.807, 2.05) is 12.1 Å². The van der Waals surface area contributed by atoms with Gasteiger partial charge in [0.25, 0.3) is 5.91 Å². The third-order valence-electron chi connectivity index (χ3n) is 6.50. The summed E-state index contributed by atoms with van der Waals surface area (Å²) in [5.74, 6) is 0.0165. The van der Waals surface area contributed by atoms with Crippen molar-refractivity contribution in [1.29, 1.82) is 0 Å². The lowest BCUT2D eigenvalue weighted by molar-refractivity contribution is 0.0392. The quantitative estimate of drug-likeness (QED) is 0.847. The first-order chi connectivity index (χ1) is 14.3. The van der Waals surface area contributed by atoms with Gasteiger partial charge in [0.2, 0.25) is 0 Å². The minimum atomic E-state index is 0.0165. The summed E-state index contributed by atoms with van der Waals surface area (Å²) in [5, 5.41) is 3.13. The van der Waals surface area contributed by atoms with Gasteiger partial charge in [-0.2, -0.15) is 0 Å². The number of aryl methyl sites for hydroxylation is 1. The first-order valence-electron chi connectivity index (χ1n) is 11.0. The largest absolute Gasteiger partial charge is 0.379 e. The molecular weight excluding hydrogens is 364 g/mol. The van der Waals surface area contributed by atoms with E-state index < -0.39 is 0 Å². The lowest BCUT2D eigenvalue weighted by Gasteiger charge is -2.29. The van der Waals surface area contributed by atoms with Crippen LogP contribution in [-0.2, 0) is 24.1 Å². The number of hydrogen-bond donors (Lipinski definition) is 1. The fraction of sp³-hybridized carbons (Fsp3) is 0.522. The predicted octanol–water partition coefficient (Wildman–Crippen LogP) is 2.77. The summed E-state index contributed by atoms with van der Waals surface area (Å²) in [7, 11) is 0. The molecule has 3 aliphatic rings. The van der Waals surface area contributed by atoms with Gasteiger partial charge in [-0.05, 0) is 55.5 Å². The lowest BCUT2D eigenvalue weighted by Crippen LogP contribution is -2.41. The monoisotopic (exact) mass is 394 g/mol. The molecule has 5 rings (SSSR count). The highest BCUT2D eigenvalue weighted by Gasteiger charge is 2.22. The van der Waals surface area contributed by atoms with E-state index in [0.29, 0.717) is 0 Å². The molecule has 0 bridgehead atoms. The molecule has 6 heteroatoms. The van der Waals surface area contributed by atoms with Crippen LogP contribution in [0.4, 0.5) is 11.4 Å². The van der Waals surface area contributed by atoms with Crippen molar-refractivity contribution in [3.8, 4) is 0 Å². The van der Waals surface area contributed by atoms with Gasteiger partial charge in [-0.25, -0.2) is 0 Å². The molecule has 154 valence electrons. The summed E-state index contributed by atoms with van der Waals surface area (Å²) >= 11 is 0. The van der Waals surface area contributed by atoms with Crippen LogP contribution in [-0.4, -0.2) is 61.3 Å². The van der Waals surface area contributed by atoms with Gasteiger partial charge in [0.15, 0.2) is 0 Å². The zero-order valence-electron chi connectivity index (χ0n) is 17.0. The highest BCUT2D eigenvalue weighted by molar-refractivity contribution is 6.05. The summed E-state index contributed by atoms with van der Waals surface area (Å²) in [5.41, 5.74) is 5.57. The average molecular weight is 395 g/mol. The molecule has 0 aliphatic carbocycles. The topological polar surface area (TPSA) is 49.7 Å². The summed E-state index contributed by atoms with van der Waals surface area (Å²) in [6.07, 6.45) is 6.47. The molecule has 1 fully saturated rings. The molecule has 6 nitrogen and oxygen atoms in total. The SMILES string of the molecule is O=C(Nc1ccc2c(c1)CCN2CCN1CCOCC1)c1ccn2c1CCCC2. The number of benzene rings is 1. The van der Waals surface area contributed by atoms with Crippen molar-refractivity contribution in [2.45, 2.75) is 32.2 Å². The molecule has 1 aromatic heterocycles. The number of aromatic nitrogens is 1. The van der Waals surface area contributed by atoms with Crippen molar-refractivity contribution < 1.29 is 9.53 Å². The van der Waals surface area contributed by atoms with E-state index in [1.54, 1.807) is 0 Å². The number of nitrogens with one attached hydrogen (secondary N) is 1. The fourth-order valence-corrected chi connectivity index (χ4v) is 4.84. The van der Waals surface area contributed by atoms with Crippen molar-refractivity contribution in [2.75, 3.05) is 56.2 Å². The van der Waals surface area contributed by atoms with E-state index in [9.17, 15) is 4.79 Å². The first kappa shape index (κ1) is 18.7. The number of amides is 1. The summed E-state index contributed by atoms with van der Waals surface area (Å²) in [6, 6.07) is 8.35. The van der Waals surface area contributed by atoms with Crippen LogP contribution in [0.25, 0.3) is 0 Å².